The van der Waals surface area contributed by atoms with Crippen LogP contribution in [0.15, 0.2) is 4.34 Å². The zero-order valence-electron chi connectivity index (χ0n) is 10.00. The molecule has 0 fully saturated rings. The van der Waals surface area contributed by atoms with Gasteiger partial charge in [0.05, 0.1) is 0 Å². The number of hydrogen-bond acceptors (Lipinski definition) is 7. The molecule has 0 aliphatic rings. The average Bonchev–Trinajstić information content (AvgIpc) is 2.84. The van der Waals surface area contributed by atoms with Gasteiger partial charge in [-0.15, -0.1) is 10.2 Å². The van der Waals surface area contributed by atoms with Crippen LogP contribution in [0.3, 0.4) is 0 Å². The van der Waals surface area contributed by atoms with Crippen LogP contribution < -0.4 is 14.9 Å². The molecular weight excluding hydrogens is 282 g/mol. The summed E-state index contributed by atoms with van der Waals surface area (Å²) in [5.41, 5.74) is 0. The number of nitrogens with one attached hydrogen (secondary N) is 2. The number of amides is 2. The summed E-state index contributed by atoms with van der Waals surface area (Å²) in [5, 5.41) is 9.71. The Morgan fingerprint density at radius 2 is 2.17 bits per heavy atom. The third kappa shape index (κ3) is 3.35. The number of rotatable bonds is 5. The highest BCUT2D eigenvalue weighted by atomic mass is 32.2. The molecule has 0 unspecified atom stereocenters. The van der Waals surface area contributed by atoms with Crippen LogP contribution in [0, 0.1) is 0 Å². The Balaban J connectivity index is 2.89. The molecule has 9 nitrogen and oxygen atoms in total. The van der Waals surface area contributed by atoms with Crippen molar-refractivity contribution < 1.29 is 17.9 Å². The number of aromatic nitrogens is 2. The number of anilines is 1. The van der Waals surface area contributed by atoms with E-state index in [0.29, 0.717) is 0 Å². The van der Waals surface area contributed by atoms with E-state index in [9.17, 15) is 13.2 Å². The Morgan fingerprint density at radius 1 is 1.50 bits per heavy atom. The maximum atomic E-state index is 11.7. The molecule has 0 spiro atoms. The van der Waals surface area contributed by atoms with E-state index in [1.54, 1.807) is 0 Å². The fourth-order valence-corrected chi connectivity index (χ4v) is 2.82. The summed E-state index contributed by atoms with van der Waals surface area (Å²) in [6, 6.07) is -0.417. The molecule has 0 saturated carbocycles. The molecular formula is C7H13N5O4S2. The van der Waals surface area contributed by atoms with Crippen molar-refractivity contribution in [3.05, 3.63) is 0 Å². The lowest BCUT2D eigenvalue weighted by Crippen LogP contribution is -2.34. The first-order valence-corrected chi connectivity index (χ1v) is 7.00. The van der Waals surface area contributed by atoms with E-state index in [-0.39, 0.29) is 16.2 Å². The van der Waals surface area contributed by atoms with Crippen molar-refractivity contribution in [2.24, 2.45) is 0 Å². The lowest BCUT2D eigenvalue weighted by atomic mass is 10.8. The van der Waals surface area contributed by atoms with Crippen molar-refractivity contribution >= 4 is 32.5 Å². The van der Waals surface area contributed by atoms with Gasteiger partial charge in [0, 0.05) is 21.2 Å². The van der Waals surface area contributed by atoms with Crippen molar-refractivity contribution in [1.82, 2.24) is 20.2 Å². The molecule has 0 saturated heterocycles. The third-order valence-electron chi connectivity index (χ3n) is 1.82. The zero-order chi connectivity index (χ0) is 13.8. The fourth-order valence-electron chi connectivity index (χ4n) is 0.899. The minimum Gasteiger partial charge on any atom is -0.369 e. The lowest BCUT2D eigenvalue weighted by molar-refractivity contribution is 0.194. The van der Waals surface area contributed by atoms with Crippen LogP contribution in [-0.2, 0) is 14.8 Å². The number of urea groups is 1. The highest BCUT2D eigenvalue weighted by Gasteiger charge is 2.22. The van der Waals surface area contributed by atoms with Gasteiger partial charge >= 0.3 is 6.03 Å². The van der Waals surface area contributed by atoms with Crippen LogP contribution in [0.25, 0.3) is 0 Å². The summed E-state index contributed by atoms with van der Waals surface area (Å²) in [4.78, 5) is 12.5. The van der Waals surface area contributed by atoms with Crippen LogP contribution in [-0.4, -0.2) is 52.6 Å². The Bertz CT molecular complexity index is 514. The maximum absolute atomic E-state index is 11.7. The van der Waals surface area contributed by atoms with Crippen LogP contribution in [0.4, 0.5) is 9.93 Å². The summed E-state index contributed by atoms with van der Waals surface area (Å²) in [6.45, 7) is -0.164. The summed E-state index contributed by atoms with van der Waals surface area (Å²) < 4.78 is 29.9. The molecule has 2 N–H and O–H groups in total. The summed E-state index contributed by atoms with van der Waals surface area (Å²) in [7, 11) is 0.511. The molecule has 1 rings (SSSR count). The van der Waals surface area contributed by atoms with Crippen LogP contribution in [0.2, 0.25) is 0 Å². The molecule has 0 aromatic carbocycles. The van der Waals surface area contributed by atoms with Gasteiger partial charge in [-0.25, -0.2) is 13.2 Å². The molecule has 11 heteroatoms. The maximum Gasteiger partial charge on any atom is 0.323 e. The zero-order valence-corrected chi connectivity index (χ0v) is 11.6. The van der Waals surface area contributed by atoms with Crippen molar-refractivity contribution in [3.63, 3.8) is 0 Å². The molecule has 1 aromatic rings. The monoisotopic (exact) mass is 295 g/mol. The Morgan fingerprint density at radius 3 is 2.72 bits per heavy atom. The number of sulfonamides is 1. The smallest absolute Gasteiger partial charge is 0.323 e. The Hall–Kier alpha value is -1.30. The molecule has 0 bridgehead atoms. The number of carbonyl (C=O) groups excluding carboxylic acids is 1. The predicted octanol–water partition coefficient (Wildman–Crippen LogP) is -0.804. The first kappa shape index (κ1) is 14.8. The number of methoxy groups -OCH3 is 1. The second kappa shape index (κ2) is 6.04. The molecule has 0 radical (unpaired) electrons. The fraction of sp³-hybridized carbons (Fsp3) is 0.571. The van der Waals surface area contributed by atoms with Gasteiger partial charge in [0.25, 0.3) is 10.0 Å². The second-order valence-electron chi connectivity index (χ2n) is 3.05. The molecule has 0 aliphatic heterocycles. The largest absolute Gasteiger partial charge is 0.369 e. The van der Waals surface area contributed by atoms with E-state index in [1.807, 2.05) is 0 Å². The van der Waals surface area contributed by atoms with Crippen molar-refractivity contribution in [3.8, 4) is 0 Å². The highest BCUT2D eigenvalue weighted by Crippen LogP contribution is 2.22. The third-order valence-corrected chi connectivity index (χ3v) is 4.57. The van der Waals surface area contributed by atoms with Crippen molar-refractivity contribution in [2.75, 3.05) is 32.8 Å². The number of carbonyl (C=O) groups is 1. The molecule has 1 heterocycles. The summed E-state index contributed by atoms with van der Waals surface area (Å²) in [5.74, 6) is 0. The highest BCUT2D eigenvalue weighted by molar-refractivity contribution is 7.91. The van der Waals surface area contributed by atoms with Gasteiger partial charge in [0.2, 0.25) is 9.47 Å². The van der Waals surface area contributed by atoms with Crippen molar-refractivity contribution in [1.29, 1.82) is 0 Å². The van der Waals surface area contributed by atoms with Gasteiger partial charge in [-0.2, -0.15) is 4.72 Å². The minimum atomic E-state index is -3.76. The SMILES string of the molecule is CNC(=O)N(C)c1nnc(S(=O)(=O)NCOC)s1. The molecule has 1 aromatic heterocycles. The van der Waals surface area contributed by atoms with E-state index in [2.05, 4.69) is 25.0 Å². The molecule has 102 valence electrons. The standard InChI is InChI=1S/C7H13N5O4S2/c1-8-5(13)12(2)6-10-11-7(17-6)18(14,15)9-4-16-3/h9H,4H2,1-3H3,(H,8,13). The second-order valence-corrected chi connectivity index (χ2v) is 5.94. The molecule has 18 heavy (non-hydrogen) atoms. The first-order valence-electron chi connectivity index (χ1n) is 4.70. The normalized spacial score (nSPS) is 11.3. The minimum absolute atomic E-state index is 0.164. The number of ether oxygens (including phenoxy) is 1. The van der Waals surface area contributed by atoms with Crippen LogP contribution in [0.5, 0.6) is 0 Å². The predicted molar refractivity (Wildman–Crippen MR) is 65.0 cm³/mol. The summed E-state index contributed by atoms with van der Waals surface area (Å²) in [6.07, 6.45) is 0. The number of nitrogens with zero attached hydrogens (tertiary/aromatic N) is 3. The van der Waals surface area contributed by atoms with E-state index in [1.165, 1.54) is 21.2 Å². The van der Waals surface area contributed by atoms with E-state index >= 15 is 0 Å². The van der Waals surface area contributed by atoms with Crippen LogP contribution in [0.1, 0.15) is 0 Å². The van der Waals surface area contributed by atoms with Crippen molar-refractivity contribution in [2.45, 2.75) is 4.34 Å². The van der Waals surface area contributed by atoms with E-state index < -0.39 is 16.1 Å². The summed E-state index contributed by atoms with van der Waals surface area (Å²) >= 11 is 0.779. The van der Waals surface area contributed by atoms with Gasteiger partial charge in [-0.05, 0) is 0 Å². The number of hydrogen-bond donors (Lipinski definition) is 2. The van der Waals surface area contributed by atoms with E-state index in [0.717, 1.165) is 16.2 Å². The van der Waals surface area contributed by atoms with Gasteiger partial charge in [-0.3, -0.25) is 4.90 Å². The van der Waals surface area contributed by atoms with Gasteiger partial charge in [-0.1, -0.05) is 11.3 Å². The van der Waals surface area contributed by atoms with Gasteiger partial charge < -0.3 is 10.1 Å². The topological polar surface area (TPSA) is 114 Å². The molecule has 0 aliphatic carbocycles. The average molecular weight is 295 g/mol. The van der Waals surface area contributed by atoms with E-state index in [4.69, 9.17) is 0 Å². The quantitative estimate of drug-likeness (QED) is 0.543. The lowest BCUT2D eigenvalue weighted by Gasteiger charge is -2.11. The van der Waals surface area contributed by atoms with Crippen LogP contribution >= 0.6 is 11.3 Å². The van der Waals surface area contributed by atoms with Gasteiger partial charge in [0.1, 0.15) is 6.73 Å². The Kier molecular flexibility index (Phi) is 4.95. The molecule has 2 amide bonds. The van der Waals surface area contributed by atoms with Gasteiger partial charge in [0.15, 0.2) is 0 Å². The molecule has 0 atom stereocenters. The first-order chi connectivity index (χ1) is 8.42. The Labute approximate surface area is 108 Å².